The molecule has 0 radical (unpaired) electrons. The summed E-state index contributed by atoms with van der Waals surface area (Å²) in [5.41, 5.74) is 1.32. The van der Waals surface area contributed by atoms with E-state index < -0.39 is 0 Å². The highest BCUT2D eigenvalue weighted by Crippen LogP contribution is 2.02. The van der Waals surface area contributed by atoms with Crippen molar-refractivity contribution in [3.63, 3.8) is 0 Å². The van der Waals surface area contributed by atoms with Gasteiger partial charge in [-0.25, -0.2) is 0 Å². The van der Waals surface area contributed by atoms with Crippen LogP contribution in [-0.2, 0) is 0 Å². The fraction of sp³-hybridized carbons (Fsp3) is 0.333. The second kappa shape index (κ2) is 22.4. The number of hydrogen-bond acceptors (Lipinski definition) is 2. The molecule has 0 aliphatic heterocycles. The van der Waals surface area contributed by atoms with E-state index in [2.05, 4.69) is 19.1 Å². The maximum absolute atomic E-state index is 8.63. The molecule has 0 atom stereocenters. The summed E-state index contributed by atoms with van der Waals surface area (Å²) in [4.78, 5) is 0. The van der Waals surface area contributed by atoms with Crippen molar-refractivity contribution in [1.82, 2.24) is 0 Å². The van der Waals surface area contributed by atoms with E-state index in [0.717, 1.165) is 7.11 Å². The number of hydrogen-bond donors (Lipinski definition) is 2. The molecule has 0 aliphatic rings. The van der Waals surface area contributed by atoms with Crippen LogP contribution >= 0.6 is 0 Å². The minimum absolute atomic E-state index is 0.322. The third-order valence-electron chi connectivity index (χ3n) is 1.70. The van der Waals surface area contributed by atoms with Crippen molar-refractivity contribution < 1.29 is 10.2 Å². The standard InChI is InChI=1S/C7H8.C6H6O.2C2H6.CH4O/c1-7-5-3-2-4-6-7;7-6-4-2-1-3-5-6;3*1-2/h2-6H,1H3;1-5,7H;2*1-2H3;2H,1H3. The van der Waals surface area contributed by atoms with Gasteiger partial charge in [0.1, 0.15) is 5.75 Å². The van der Waals surface area contributed by atoms with Crippen LogP contribution in [0.25, 0.3) is 0 Å². The van der Waals surface area contributed by atoms with Crippen molar-refractivity contribution in [2.75, 3.05) is 7.11 Å². The smallest absolute Gasteiger partial charge is 0.115 e. The Morgan fingerprint density at radius 2 is 0.900 bits per heavy atom. The number of phenolic OH excluding ortho intramolecular Hbond substituents is 1. The van der Waals surface area contributed by atoms with E-state index >= 15 is 0 Å². The predicted octanol–water partition coefficient (Wildman–Crippen LogP) is 5.05. The minimum atomic E-state index is 0.322. The molecule has 0 unspecified atom stereocenters. The van der Waals surface area contributed by atoms with Gasteiger partial charge in [-0.05, 0) is 19.1 Å². The summed E-state index contributed by atoms with van der Waals surface area (Å²) in [6, 6.07) is 19.0. The molecule has 0 fully saturated rings. The topological polar surface area (TPSA) is 40.5 Å². The Morgan fingerprint density at radius 3 is 1.05 bits per heavy atom. The molecular formula is C18H30O2. The molecular weight excluding hydrogens is 248 g/mol. The van der Waals surface area contributed by atoms with Crippen molar-refractivity contribution in [2.45, 2.75) is 34.6 Å². The number of aliphatic hydroxyl groups is 1. The molecule has 0 saturated carbocycles. The van der Waals surface area contributed by atoms with Gasteiger partial charge in [-0.15, -0.1) is 0 Å². The predicted molar refractivity (Wildman–Crippen MR) is 90.1 cm³/mol. The van der Waals surface area contributed by atoms with Gasteiger partial charge in [0.05, 0.1) is 0 Å². The van der Waals surface area contributed by atoms with Gasteiger partial charge in [-0.2, -0.15) is 0 Å². The van der Waals surface area contributed by atoms with Crippen LogP contribution in [0.5, 0.6) is 5.75 Å². The van der Waals surface area contributed by atoms with E-state index in [1.807, 2.05) is 52.0 Å². The van der Waals surface area contributed by atoms with Gasteiger partial charge in [0, 0.05) is 7.11 Å². The summed E-state index contributed by atoms with van der Waals surface area (Å²) >= 11 is 0. The Morgan fingerprint density at radius 1 is 0.600 bits per heavy atom. The van der Waals surface area contributed by atoms with Crippen LogP contribution in [0.3, 0.4) is 0 Å². The highest BCUT2D eigenvalue weighted by atomic mass is 16.3. The van der Waals surface area contributed by atoms with Gasteiger partial charge in [-0.3, -0.25) is 0 Å². The lowest BCUT2D eigenvalue weighted by molar-refractivity contribution is 0.399. The van der Waals surface area contributed by atoms with Crippen molar-refractivity contribution in [1.29, 1.82) is 0 Å². The van der Waals surface area contributed by atoms with Gasteiger partial charge in [0.15, 0.2) is 0 Å². The molecule has 2 aromatic carbocycles. The highest BCUT2D eigenvalue weighted by Gasteiger charge is 1.74. The minimum Gasteiger partial charge on any atom is -0.508 e. The Labute approximate surface area is 124 Å². The van der Waals surface area contributed by atoms with Crippen LogP contribution in [0.4, 0.5) is 0 Å². The van der Waals surface area contributed by atoms with Gasteiger partial charge in [0.2, 0.25) is 0 Å². The average Bonchev–Trinajstić information content (AvgIpc) is 2.55. The quantitative estimate of drug-likeness (QED) is 0.708. The summed E-state index contributed by atoms with van der Waals surface area (Å²) < 4.78 is 0. The summed E-state index contributed by atoms with van der Waals surface area (Å²) in [6.45, 7) is 10.1. The van der Waals surface area contributed by atoms with Crippen LogP contribution in [0.15, 0.2) is 60.7 Å². The monoisotopic (exact) mass is 278 g/mol. The molecule has 2 aromatic rings. The van der Waals surface area contributed by atoms with E-state index in [0.29, 0.717) is 5.75 Å². The molecule has 2 heteroatoms. The lowest BCUT2D eigenvalue weighted by Gasteiger charge is -1.82. The SMILES string of the molecule is CC.CC.CO.Cc1ccccc1.Oc1ccccc1. The Kier molecular flexibility index (Phi) is 26.1. The lowest BCUT2D eigenvalue weighted by Crippen LogP contribution is -1.62. The lowest BCUT2D eigenvalue weighted by atomic mass is 10.2. The molecule has 0 heterocycles. The molecule has 0 amide bonds. The normalized spacial score (nSPS) is 6.95. The molecule has 0 aromatic heterocycles. The van der Waals surface area contributed by atoms with E-state index in [-0.39, 0.29) is 0 Å². The van der Waals surface area contributed by atoms with E-state index in [1.54, 1.807) is 24.3 Å². The van der Waals surface area contributed by atoms with Gasteiger partial charge in [0.25, 0.3) is 0 Å². The van der Waals surface area contributed by atoms with Gasteiger partial charge < -0.3 is 10.2 Å². The first-order chi connectivity index (χ1) is 9.79. The third-order valence-corrected chi connectivity index (χ3v) is 1.70. The van der Waals surface area contributed by atoms with E-state index in [4.69, 9.17) is 10.2 Å². The van der Waals surface area contributed by atoms with Crippen LogP contribution in [0.2, 0.25) is 0 Å². The zero-order valence-corrected chi connectivity index (χ0v) is 13.7. The number of rotatable bonds is 0. The van der Waals surface area contributed by atoms with Crippen molar-refractivity contribution in [2.24, 2.45) is 0 Å². The molecule has 0 aliphatic carbocycles. The average molecular weight is 278 g/mol. The van der Waals surface area contributed by atoms with E-state index in [1.165, 1.54) is 5.56 Å². The maximum Gasteiger partial charge on any atom is 0.115 e. The second-order valence-corrected chi connectivity index (χ2v) is 2.99. The number of aromatic hydroxyl groups is 1. The van der Waals surface area contributed by atoms with Crippen molar-refractivity contribution in [3.8, 4) is 5.75 Å². The number of phenols is 1. The van der Waals surface area contributed by atoms with Gasteiger partial charge in [-0.1, -0.05) is 81.8 Å². The molecule has 2 rings (SSSR count). The number of aryl methyl sites for hydroxylation is 1. The number of aliphatic hydroxyl groups excluding tert-OH is 1. The highest BCUT2D eigenvalue weighted by molar-refractivity contribution is 5.18. The van der Waals surface area contributed by atoms with Crippen LogP contribution in [-0.4, -0.2) is 17.3 Å². The van der Waals surface area contributed by atoms with Crippen LogP contribution in [0.1, 0.15) is 33.3 Å². The number of benzene rings is 2. The first-order valence-corrected chi connectivity index (χ1v) is 6.99. The summed E-state index contributed by atoms with van der Waals surface area (Å²) in [5, 5.41) is 15.6. The fourth-order valence-corrected chi connectivity index (χ4v) is 0.962. The Bertz CT molecular complexity index is 307. The largest absolute Gasteiger partial charge is 0.508 e. The summed E-state index contributed by atoms with van der Waals surface area (Å²) in [7, 11) is 1.00. The summed E-state index contributed by atoms with van der Waals surface area (Å²) in [6.07, 6.45) is 0. The second-order valence-electron chi connectivity index (χ2n) is 2.99. The molecule has 114 valence electrons. The van der Waals surface area contributed by atoms with Crippen LogP contribution < -0.4 is 0 Å². The molecule has 0 spiro atoms. The Hall–Kier alpha value is -1.80. The molecule has 2 N–H and O–H groups in total. The molecule has 20 heavy (non-hydrogen) atoms. The Balaban J connectivity index is -0.000000211. The molecule has 2 nitrogen and oxygen atoms in total. The number of para-hydroxylation sites is 1. The zero-order chi connectivity index (χ0) is 16.2. The molecule has 0 saturated heterocycles. The maximum atomic E-state index is 8.63. The fourth-order valence-electron chi connectivity index (χ4n) is 0.962. The first-order valence-electron chi connectivity index (χ1n) is 6.99. The third kappa shape index (κ3) is 18.6. The van der Waals surface area contributed by atoms with Gasteiger partial charge >= 0.3 is 0 Å². The van der Waals surface area contributed by atoms with Crippen molar-refractivity contribution in [3.05, 3.63) is 66.2 Å². The van der Waals surface area contributed by atoms with E-state index in [9.17, 15) is 0 Å². The van der Waals surface area contributed by atoms with Crippen LogP contribution in [0, 0.1) is 6.92 Å². The molecule has 0 bridgehead atoms. The zero-order valence-electron chi connectivity index (χ0n) is 13.7. The summed E-state index contributed by atoms with van der Waals surface area (Å²) in [5.74, 6) is 0.322. The first kappa shape index (κ1) is 23.3. The van der Waals surface area contributed by atoms with Crippen molar-refractivity contribution >= 4 is 0 Å².